The van der Waals surface area contributed by atoms with Gasteiger partial charge >= 0.3 is 7.12 Å². The molecule has 0 radical (unpaired) electrons. The van der Waals surface area contributed by atoms with Crippen LogP contribution in [-0.2, 0) is 15.6 Å². The summed E-state index contributed by atoms with van der Waals surface area (Å²) in [5.41, 5.74) is 2.77. The van der Waals surface area contributed by atoms with Gasteiger partial charge in [0.25, 0.3) is 0 Å². The first-order chi connectivity index (χ1) is 8.19. The van der Waals surface area contributed by atoms with Crippen LogP contribution in [0.1, 0.15) is 44.6 Å². The van der Waals surface area contributed by atoms with E-state index in [-0.39, 0.29) is 18.3 Å². The Morgan fingerprint density at radius 1 is 1.06 bits per heavy atom. The maximum absolute atomic E-state index is 5.99. The first-order valence-electron chi connectivity index (χ1n) is 6.49. The first kappa shape index (κ1) is 13.6. The van der Waals surface area contributed by atoms with Crippen molar-refractivity contribution in [3.8, 4) is 0 Å². The van der Waals surface area contributed by atoms with Crippen molar-refractivity contribution < 1.29 is 9.31 Å². The molecule has 1 aliphatic heterocycles. The third kappa shape index (κ3) is 2.60. The van der Waals surface area contributed by atoms with Crippen molar-refractivity contribution in [2.24, 2.45) is 0 Å². The number of hydrogen-bond acceptors (Lipinski definition) is 3. The fraction of sp³-hybridized carbons (Fsp3) is 0.643. The van der Waals surface area contributed by atoms with Crippen molar-refractivity contribution >= 4 is 7.12 Å². The molecule has 0 unspecified atom stereocenters. The van der Waals surface area contributed by atoms with E-state index in [2.05, 4.69) is 51.7 Å². The average Bonchev–Trinajstić information content (AvgIpc) is 2.31. The highest BCUT2D eigenvalue weighted by Gasteiger charge is 2.50. The van der Waals surface area contributed by atoms with Gasteiger partial charge in [-0.15, -0.1) is 0 Å². The third-order valence-electron chi connectivity index (χ3n) is 3.83. The van der Waals surface area contributed by atoms with Crippen molar-refractivity contribution in [3.05, 3.63) is 29.1 Å². The van der Waals surface area contributed by atoms with Gasteiger partial charge in [0.2, 0.25) is 0 Å². The van der Waals surface area contributed by atoms with Crippen LogP contribution in [0.3, 0.4) is 0 Å². The predicted molar refractivity (Wildman–Crippen MR) is 73.5 cm³/mol. The summed E-state index contributed by atoms with van der Waals surface area (Å²) in [5, 5.41) is 0. The van der Waals surface area contributed by atoms with Gasteiger partial charge in [-0.05, 0) is 59.2 Å². The van der Waals surface area contributed by atoms with Crippen LogP contribution in [0.2, 0.25) is 0 Å². The van der Waals surface area contributed by atoms with Gasteiger partial charge in [-0.3, -0.25) is 4.98 Å². The Hall–Kier alpha value is -0.865. The van der Waals surface area contributed by atoms with Gasteiger partial charge in [0, 0.05) is 17.7 Å². The predicted octanol–water partition coefficient (Wildman–Crippen LogP) is 2.87. The second-order valence-corrected chi connectivity index (χ2v) is 6.17. The van der Waals surface area contributed by atoms with E-state index in [0.29, 0.717) is 6.32 Å². The molecule has 2 rings (SSSR count). The minimum atomic E-state index is -0.267. The van der Waals surface area contributed by atoms with E-state index in [9.17, 15) is 0 Å². The molecule has 0 N–H and O–H groups in total. The van der Waals surface area contributed by atoms with Crippen molar-refractivity contribution in [1.29, 1.82) is 0 Å². The highest BCUT2D eigenvalue weighted by Crippen LogP contribution is 2.37. The molecular formula is C14H22BNO2. The number of nitrogens with zero attached hydrogens (tertiary/aromatic N) is 1. The van der Waals surface area contributed by atoms with Crippen LogP contribution in [0.5, 0.6) is 0 Å². The molecule has 0 amide bonds. The normalized spacial score (nSPS) is 21.3. The lowest BCUT2D eigenvalue weighted by atomic mass is 9.82. The number of rotatable bonds is 2. The molecule has 1 aromatic rings. The maximum atomic E-state index is 5.99. The Balaban J connectivity index is 2.12. The summed E-state index contributed by atoms with van der Waals surface area (Å²) >= 11 is 0. The van der Waals surface area contributed by atoms with E-state index in [1.807, 2.05) is 6.92 Å². The smallest absolute Gasteiger partial charge is 0.403 e. The Labute approximate surface area is 110 Å². The molecule has 98 valence electrons. The van der Waals surface area contributed by atoms with Crippen molar-refractivity contribution in [2.75, 3.05) is 0 Å². The lowest BCUT2D eigenvalue weighted by Gasteiger charge is -2.32. The lowest BCUT2D eigenvalue weighted by molar-refractivity contribution is 0.00578. The molecule has 0 saturated carbocycles. The van der Waals surface area contributed by atoms with E-state index < -0.39 is 0 Å². The first-order valence-corrected chi connectivity index (χ1v) is 6.49. The zero-order valence-corrected chi connectivity index (χ0v) is 12.2. The molecule has 0 bridgehead atoms. The minimum absolute atomic E-state index is 0.205. The van der Waals surface area contributed by atoms with Crippen LogP contribution in [0, 0.1) is 13.8 Å². The van der Waals surface area contributed by atoms with Crippen LogP contribution in [0.25, 0.3) is 0 Å². The van der Waals surface area contributed by atoms with Crippen LogP contribution in [0.15, 0.2) is 12.1 Å². The minimum Gasteiger partial charge on any atom is -0.403 e. The summed E-state index contributed by atoms with van der Waals surface area (Å²) in [6, 6.07) is 4.17. The SMILES string of the molecule is Cc1cc(C)nc(CB2OC(C)(C)C(C)(C)O2)c1. The summed E-state index contributed by atoms with van der Waals surface area (Å²) in [5.74, 6) is 0. The summed E-state index contributed by atoms with van der Waals surface area (Å²) in [7, 11) is -0.205. The Kier molecular flexibility index (Phi) is 3.28. The summed E-state index contributed by atoms with van der Waals surface area (Å²) in [6.45, 7) is 12.4. The van der Waals surface area contributed by atoms with Crippen molar-refractivity contribution in [2.45, 2.75) is 59.1 Å². The third-order valence-corrected chi connectivity index (χ3v) is 3.83. The van der Waals surface area contributed by atoms with E-state index in [1.165, 1.54) is 5.56 Å². The monoisotopic (exact) mass is 247 g/mol. The van der Waals surface area contributed by atoms with E-state index >= 15 is 0 Å². The van der Waals surface area contributed by atoms with Gasteiger partial charge in [0.15, 0.2) is 0 Å². The highest BCUT2D eigenvalue weighted by molar-refractivity contribution is 6.44. The summed E-state index contributed by atoms with van der Waals surface area (Å²) in [6.07, 6.45) is 0.704. The molecular weight excluding hydrogens is 225 g/mol. The zero-order chi connectivity index (χ0) is 13.6. The van der Waals surface area contributed by atoms with Crippen molar-refractivity contribution in [3.63, 3.8) is 0 Å². The quantitative estimate of drug-likeness (QED) is 0.753. The maximum Gasteiger partial charge on any atom is 0.464 e. The fourth-order valence-electron chi connectivity index (χ4n) is 2.25. The standard InChI is InChI=1S/C14H22BNO2/c1-10-7-11(2)16-12(8-10)9-15-17-13(3,4)14(5,6)18-15/h7-8H,9H2,1-6H3. The van der Waals surface area contributed by atoms with Gasteiger partial charge in [-0.25, -0.2) is 0 Å². The molecule has 18 heavy (non-hydrogen) atoms. The van der Waals surface area contributed by atoms with Gasteiger partial charge in [-0.1, -0.05) is 0 Å². The van der Waals surface area contributed by atoms with E-state index in [1.54, 1.807) is 0 Å². The summed E-state index contributed by atoms with van der Waals surface area (Å²) < 4.78 is 12.0. The zero-order valence-electron chi connectivity index (χ0n) is 12.2. The topological polar surface area (TPSA) is 31.4 Å². The number of hydrogen-bond donors (Lipinski definition) is 0. The molecule has 0 aromatic carbocycles. The second kappa shape index (κ2) is 4.35. The van der Waals surface area contributed by atoms with Crippen LogP contribution < -0.4 is 0 Å². The van der Waals surface area contributed by atoms with Crippen molar-refractivity contribution in [1.82, 2.24) is 4.98 Å². The highest BCUT2D eigenvalue weighted by atomic mass is 16.7. The van der Waals surface area contributed by atoms with Gasteiger partial charge in [0.05, 0.1) is 11.2 Å². The largest absolute Gasteiger partial charge is 0.464 e. The molecule has 3 nitrogen and oxygen atoms in total. The number of aromatic nitrogens is 1. The molecule has 1 aliphatic rings. The Morgan fingerprint density at radius 3 is 2.11 bits per heavy atom. The average molecular weight is 247 g/mol. The number of aryl methyl sites for hydroxylation is 2. The van der Waals surface area contributed by atoms with Gasteiger partial charge in [0.1, 0.15) is 0 Å². The molecule has 4 heteroatoms. The fourth-order valence-corrected chi connectivity index (χ4v) is 2.25. The summed E-state index contributed by atoms with van der Waals surface area (Å²) in [4.78, 5) is 4.53. The van der Waals surface area contributed by atoms with E-state index in [4.69, 9.17) is 9.31 Å². The second-order valence-electron chi connectivity index (χ2n) is 6.17. The molecule has 0 spiro atoms. The van der Waals surface area contributed by atoms with Crippen LogP contribution in [0.4, 0.5) is 0 Å². The number of pyridine rings is 1. The Morgan fingerprint density at radius 2 is 1.61 bits per heavy atom. The lowest BCUT2D eigenvalue weighted by Crippen LogP contribution is -2.41. The Bertz CT molecular complexity index is 421. The van der Waals surface area contributed by atoms with E-state index in [0.717, 1.165) is 11.4 Å². The van der Waals surface area contributed by atoms with Crippen LogP contribution >= 0.6 is 0 Å². The molecule has 0 atom stereocenters. The molecule has 0 aliphatic carbocycles. The van der Waals surface area contributed by atoms with Crippen LogP contribution in [-0.4, -0.2) is 23.3 Å². The van der Waals surface area contributed by atoms with Gasteiger partial charge < -0.3 is 9.31 Å². The van der Waals surface area contributed by atoms with Gasteiger partial charge in [-0.2, -0.15) is 0 Å². The molecule has 1 aromatic heterocycles. The molecule has 2 heterocycles. The molecule has 1 saturated heterocycles. The molecule has 1 fully saturated rings.